The van der Waals surface area contributed by atoms with Gasteiger partial charge in [0.2, 0.25) is 0 Å². The van der Waals surface area contributed by atoms with Crippen LogP contribution in [0.1, 0.15) is 51.4 Å². The maximum atomic E-state index is 12.3. The van der Waals surface area contributed by atoms with Crippen LogP contribution in [0.2, 0.25) is 0 Å². The predicted molar refractivity (Wildman–Crippen MR) is 77.5 cm³/mol. The summed E-state index contributed by atoms with van der Waals surface area (Å²) in [6, 6.07) is 0.318. The molecule has 112 valence electrons. The van der Waals surface area contributed by atoms with Gasteiger partial charge in [-0.25, -0.2) is 4.98 Å². The van der Waals surface area contributed by atoms with E-state index in [0.717, 1.165) is 37.9 Å². The Morgan fingerprint density at radius 3 is 3.05 bits per heavy atom. The number of nitrogens with one attached hydrogen (secondary N) is 1. The molecule has 0 aliphatic heterocycles. The first-order valence-electron chi connectivity index (χ1n) is 7.54. The molecule has 2 atom stereocenters. The third-order valence-corrected chi connectivity index (χ3v) is 4.33. The van der Waals surface area contributed by atoms with Gasteiger partial charge in [0.15, 0.2) is 0 Å². The number of hydrogen-bond acceptors (Lipinski definition) is 4. The molecule has 0 spiro atoms. The molecule has 0 saturated heterocycles. The van der Waals surface area contributed by atoms with Crippen molar-refractivity contribution in [2.24, 2.45) is 0 Å². The molecule has 0 aromatic carbocycles. The van der Waals surface area contributed by atoms with Crippen LogP contribution >= 0.6 is 0 Å². The Kier molecular flexibility index (Phi) is 4.81. The van der Waals surface area contributed by atoms with Crippen LogP contribution in [0, 0.1) is 0 Å². The third-order valence-electron chi connectivity index (χ3n) is 4.33. The number of imidazole rings is 1. The van der Waals surface area contributed by atoms with Crippen LogP contribution in [0.15, 0.2) is 12.4 Å². The number of hydrogen-bond donors (Lipinski definition) is 1. The molecule has 20 heavy (non-hydrogen) atoms. The fourth-order valence-electron chi connectivity index (χ4n) is 3.22. The van der Waals surface area contributed by atoms with E-state index >= 15 is 0 Å². The van der Waals surface area contributed by atoms with Crippen molar-refractivity contribution in [1.82, 2.24) is 14.9 Å². The van der Waals surface area contributed by atoms with E-state index in [1.807, 2.05) is 26.4 Å². The Hall–Kier alpha value is -1.36. The van der Waals surface area contributed by atoms with Crippen molar-refractivity contribution >= 4 is 5.97 Å². The van der Waals surface area contributed by atoms with Gasteiger partial charge >= 0.3 is 5.97 Å². The minimum atomic E-state index is -0.547. The fraction of sp³-hybridized carbons (Fsp3) is 0.733. The third kappa shape index (κ3) is 2.73. The molecule has 0 bridgehead atoms. The number of nitrogens with zero attached hydrogens (tertiary/aromatic N) is 2. The minimum absolute atomic E-state index is 0.120. The van der Waals surface area contributed by atoms with Gasteiger partial charge in [-0.1, -0.05) is 6.92 Å². The summed E-state index contributed by atoms with van der Waals surface area (Å²) in [5, 5.41) is 3.22. The SMILES string of the molecule is CCOC(=O)C1(NC)CCCC(n2ccnc2CC)C1. The normalized spacial score (nSPS) is 26.4. The zero-order valence-electron chi connectivity index (χ0n) is 12.7. The van der Waals surface area contributed by atoms with Gasteiger partial charge in [-0.2, -0.15) is 0 Å². The van der Waals surface area contributed by atoms with Gasteiger partial charge in [0.25, 0.3) is 0 Å². The van der Waals surface area contributed by atoms with E-state index in [9.17, 15) is 4.79 Å². The second-order valence-corrected chi connectivity index (χ2v) is 5.41. The second kappa shape index (κ2) is 6.39. The topological polar surface area (TPSA) is 56.1 Å². The highest BCUT2D eigenvalue weighted by Crippen LogP contribution is 2.36. The Morgan fingerprint density at radius 1 is 1.60 bits per heavy atom. The van der Waals surface area contributed by atoms with Gasteiger partial charge in [-0.05, 0) is 39.7 Å². The van der Waals surface area contributed by atoms with Crippen LogP contribution in [0.4, 0.5) is 0 Å². The Morgan fingerprint density at radius 2 is 2.40 bits per heavy atom. The van der Waals surface area contributed by atoms with Crippen molar-refractivity contribution in [2.75, 3.05) is 13.7 Å². The number of ether oxygens (including phenoxy) is 1. The zero-order valence-corrected chi connectivity index (χ0v) is 12.7. The van der Waals surface area contributed by atoms with E-state index < -0.39 is 5.54 Å². The van der Waals surface area contributed by atoms with Crippen molar-refractivity contribution in [1.29, 1.82) is 0 Å². The summed E-state index contributed by atoms with van der Waals surface area (Å²) < 4.78 is 7.50. The number of rotatable bonds is 5. The first-order valence-corrected chi connectivity index (χ1v) is 7.54. The predicted octanol–water partition coefficient (Wildman–Crippen LogP) is 2.08. The summed E-state index contributed by atoms with van der Waals surface area (Å²) in [4.78, 5) is 16.7. The van der Waals surface area contributed by atoms with Gasteiger partial charge in [0, 0.05) is 24.9 Å². The van der Waals surface area contributed by atoms with Gasteiger partial charge in [-0.15, -0.1) is 0 Å². The maximum absolute atomic E-state index is 12.3. The van der Waals surface area contributed by atoms with Crippen LogP contribution in [0.3, 0.4) is 0 Å². The van der Waals surface area contributed by atoms with E-state index in [-0.39, 0.29) is 5.97 Å². The molecule has 1 fully saturated rings. The highest BCUT2D eigenvalue weighted by atomic mass is 16.5. The highest BCUT2D eigenvalue weighted by molar-refractivity contribution is 5.81. The largest absolute Gasteiger partial charge is 0.465 e. The van der Waals surface area contributed by atoms with E-state index in [0.29, 0.717) is 12.6 Å². The molecule has 1 N–H and O–H groups in total. The van der Waals surface area contributed by atoms with Crippen molar-refractivity contribution in [3.63, 3.8) is 0 Å². The van der Waals surface area contributed by atoms with Crippen LogP contribution in [0.5, 0.6) is 0 Å². The van der Waals surface area contributed by atoms with E-state index in [1.165, 1.54) is 0 Å². The number of carbonyl (C=O) groups is 1. The molecule has 0 radical (unpaired) electrons. The van der Waals surface area contributed by atoms with Crippen molar-refractivity contribution < 1.29 is 9.53 Å². The van der Waals surface area contributed by atoms with Crippen LogP contribution in [-0.2, 0) is 16.0 Å². The van der Waals surface area contributed by atoms with Crippen LogP contribution in [0.25, 0.3) is 0 Å². The number of aromatic nitrogens is 2. The minimum Gasteiger partial charge on any atom is -0.465 e. The first kappa shape index (κ1) is 15.0. The molecular formula is C15H25N3O2. The lowest BCUT2D eigenvalue weighted by Crippen LogP contribution is -2.54. The molecule has 1 aliphatic rings. The Bertz CT molecular complexity index is 458. The van der Waals surface area contributed by atoms with Crippen LogP contribution < -0.4 is 5.32 Å². The summed E-state index contributed by atoms with van der Waals surface area (Å²) in [6.07, 6.45) is 8.51. The molecule has 1 aliphatic carbocycles. The monoisotopic (exact) mass is 279 g/mol. The molecule has 1 aromatic heterocycles. The number of carbonyl (C=O) groups excluding carboxylic acids is 1. The van der Waals surface area contributed by atoms with Crippen LogP contribution in [-0.4, -0.2) is 34.7 Å². The summed E-state index contributed by atoms with van der Waals surface area (Å²) >= 11 is 0. The zero-order chi connectivity index (χ0) is 14.6. The maximum Gasteiger partial charge on any atom is 0.326 e. The first-order chi connectivity index (χ1) is 9.66. The lowest BCUT2D eigenvalue weighted by atomic mass is 9.78. The second-order valence-electron chi connectivity index (χ2n) is 5.41. The molecule has 2 rings (SSSR count). The molecule has 5 heteroatoms. The van der Waals surface area contributed by atoms with Crippen molar-refractivity contribution in [3.05, 3.63) is 18.2 Å². The summed E-state index contributed by atoms with van der Waals surface area (Å²) in [7, 11) is 1.86. The van der Waals surface area contributed by atoms with Crippen molar-refractivity contribution in [3.8, 4) is 0 Å². The molecule has 0 amide bonds. The standard InChI is InChI=1S/C15H25N3O2/c1-4-13-17-9-10-18(13)12-7-6-8-15(11-12,16-3)14(19)20-5-2/h9-10,12,16H,4-8,11H2,1-3H3. The fourth-order valence-corrected chi connectivity index (χ4v) is 3.22. The summed E-state index contributed by atoms with van der Waals surface area (Å²) in [6.45, 7) is 4.39. The Balaban J connectivity index is 2.20. The molecular weight excluding hydrogens is 254 g/mol. The number of esters is 1. The number of aryl methyl sites for hydroxylation is 1. The number of likely N-dealkylation sites (N-methyl/N-ethyl adjacent to an activating group) is 1. The average molecular weight is 279 g/mol. The molecule has 1 saturated carbocycles. The molecule has 5 nitrogen and oxygen atoms in total. The lowest BCUT2D eigenvalue weighted by Gasteiger charge is -2.39. The Labute approximate surface area is 120 Å². The highest BCUT2D eigenvalue weighted by Gasteiger charge is 2.43. The molecule has 2 unspecified atom stereocenters. The van der Waals surface area contributed by atoms with Gasteiger partial charge in [-0.3, -0.25) is 4.79 Å². The average Bonchev–Trinajstić information content (AvgIpc) is 2.96. The van der Waals surface area contributed by atoms with Gasteiger partial charge in [0.1, 0.15) is 11.4 Å². The quantitative estimate of drug-likeness (QED) is 0.838. The molecule has 1 heterocycles. The smallest absolute Gasteiger partial charge is 0.326 e. The van der Waals surface area contributed by atoms with Crippen molar-refractivity contribution in [2.45, 2.75) is 57.5 Å². The van der Waals surface area contributed by atoms with E-state index in [4.69, 9.17) is 4.74 Å². The van der Waals surface area contributed by atoms with Gasteiger partial charge in [0.05, 0.1) is 6.61 Å². The lowest BCUT2D eigenvalue weighted by molar-refractivity contribution is -0.153. The summed E-state index contributed by atoms with van der Waals surface area (Å²) in [5.74, 6) is 0.969. The van der Waals surface area contributed by atoms with E-state index in [2.05, 4.69) is 21.8 Å². The molecule has 1 aromatic rings. The van der Waals surface area contributed by atoms with Gasteiger partial charge < -0.3 is 14.6 Å². The summed E-state index contributed by atoms with van der Waals surface area (Å²) in [5.41, 5.74) is -0.547. The van der Waals surface area contributed by atoms with E-state index in [1.54, 1.807) is 0 Å².